The normalized spacial score (nSPS) is 27.9. The third kappa shape index (κ3) is 5.19. The minimum absolute atomic E-state index is 0.151. The predicted octanol–water partition coefficient (Wildman–Crippen LogP) is 3.85. The zero-order chi connectivity index (χ0) is 30.4. The maximum absolute atomic E-state index is 14.5. The van der Waals surface area contributed by atoms with Gasteiger partial charge in [0, 0.05) is 50.4 Å². The minimum Gasteiger partial charge on any atom is -0.461 e. The molecule has 2 aromatic rings. The molecule has 1 amide bonds. The highest BCUT2D eigenvalue weighted by atomic mass is 19.1. The largest absolute Gasteiger partial charge is 0.461 e. The first-order valence-corrected chi connectivity index (χ1v) is 16.2. The van der Waals surface area contributed by atoms with Gasteiger partial charge in [-0.05, 0) is 67.8 Å². The molecule has 9 nitrogen and oxygen atoms in total. The summed E-state index contributed by atoms with van der Waals surface area (Å²) < 4.78 is 20.9. The van der Waals surface area contributed by atoms with Crippen LogP contribution in [0.25, 0.3) is 0 Å². The van der Waals surface area contributed by atoms with Crippen LogP contribution in [0.1, 0.15) is 55.0 Å². The first-order chi connectivity index (χ1) is 21.4. The summed E-state index contributed by atoms with van der Waals surface area (Å²) in [6.07, 6.45) is 6.22. The lowest BCUT2D eigenvalue weighted by molar-refractivity contribution is -0.128. The number of alkyl halides is 1. The summed E-state index contributed by atoms with van der Waals surface area (Å²) in [7, 11) is 0. The van der Waals surface area contributed by atoms with Gasteiger partial charge >= 0.3 is 6.01 Å². The monoisotopic (exact) mass is 599 g/mol. The molecule has 0 bridgehead atoms. The first kappa shape index (κ1) is 29.0. The Bertz CT molecular complexity index is 1490. The second-order valence-electron chi connectivity index (χ2n) is 13.4. The van der Waals surface area contributed by atoms with Gasteiger partial charge in [-0.1, -0.05) is 25.6 Å². The zero-order valence-electron chi connectivity index (χ0n) is 25.7. The summed E-state index contributed by atoms with van der Waals surface area (Å²) in [5.74, 6) is 1.34. The highest BCUT2D eigenvalue weighted by Crippen LogP contribution is 2.41. The Hall–Kier alpha value is -3.71. The number of nitrogens with zero attached hydrogens (tertiary/aromatic N) is 7. The number of nitriles is 1. The fourth-order valence-electron chi connectivity index (χ4n) is 8.44. The Morgan fingerprint density at radius 1 is 1.18 bits per heavy atom. The number of hydrogen-bond acceptors (Lipinski definition) is 8. The SMILES string of the molecule is C=CC(=O)N1CCN(c2nc(OCC34CCCN3C[C@H](F)C4)nc3c2CCN(c2cccc4c2C[C@@H](C)C4)C3)C[C@@H]1CC#N. The van der Waals surface area contributed by atoms with Crippen LogP contribution in [0.3, 0.4) is 0 Å². The summed E-state index contributed by atoms with van der Waals surface area (Å²) in [6.45, 7) is 10.8. The van der Waals surface area contributed by atoms with Gasteiger partial charge < -0.3 is 19.4 Å². The van der Waals surface area contributed by atoms with E-state index in [4.69, 9.17) is 14.7 Å². The second-order valence-corrected chi connectivity index (χ2v) is 13.4. The number of rotatable bonds is 7. The number of fused-ring (bicyclic) bond motifs is 3. The molecule has 7 rings (SSSR count). The van der Waals surface area contributed by atoms with E-state index in [0.29, 0.717) is 57.7 Å². The molecule has 0 radical (unpaired) electrons. The van der Waals surface area contributed by atoms with Gasteiger partial charge in [-0.2, -0.15) is 15.2 Å². The highest BCUT2D eigenvalue weighted by Gasteiger charge is 2.49. The molecule has 1 aliphatic carbocycles. The van der Waals surface area contributed by atoms with Crippen LogP contribution in [0.15, 0.2) is 30.9 Å². The van der Waals surface area contributed by atoms with Crippen LogP contribution in [-0.2, 0) is 30.6 Å². The number of benzene rings is 1. The number of amides is 1. The third-order valence-corrected chi connectivity index (χ3v) is 10.5. The van der Waals surface area contributed by atoms with Crippen molar-refractivity contribution in [2.24, 2.45) is 5.92 Å². The quantitative estimate of drug-likeness (QED) is 0.444. The van der Waals surface area contributed by atoms with Crippen molar-refractivity contribution < 1.29 is 13.9 Å². The topological polar surface area (TPSA) is 88.8 Å². The molecule has 1 aromatic heterocycles. The van der Waals surface area contributed by atoms with Crippen molar-refractivity contribution in [1.29, 1.82) is 5.26 Å². The smallest absolute Gasteiger partial charge is 0.318 e. The van der Waals surface area contributed by atoms with Gasteiger partial charge in [0.15, 0.2) is 0 Å². The first-order valence-electron chi connectivity index (χ1n) is 16.2. The second kappa shape index (κ2) is 11.7. The predicted molar refractivity (Wildman–Crippen MR) is 166 cm³/mol. The lowest BCUT2D eigenvalue weighted by atomic mass is 9.95. The molecule has 5 aliphatic rings. The van der Waals surface area contributed by atoms with Crippen molar-refractivity contribution >= 4 is 17.4 Å². The van der Waals surface area contributed by atoms with Crippen LogP contribution in [0.2, 0.25) is 0 Å². The van der Waals surface area contributed by atoms with Gasteiger partial charge in [-0.3, -0.25) is 9.69 Å². The molecule has 3 fully saturated rings. The Balaban J connectivity index is 1.21. The highest BCUT2D eigenvalue weighted by molar-refractivity contribution is 5.87. The molecule has 3 saturated heterocycles. The van der Waals surface area contributed by atoms with Crippen LogP contribution >= 0.6 is 0 Å². The van der Waals surface area contributed by atoms with E-state index in [2.05, 4.69) is 52.5 Å². The molecule has 0 spiro atoms. The number of hydrogen-bond donors (Lipinski definition) is 0. The Morgan fingerprint density at radius 3 is 2.91 bits per heavy atom. The number of ether oxygens (including phenoxy) is 1. The van der Waals surface area contributed by atoms with E-state index >= 15 is 0 Å². The van der Waals surface area contributed by atoms with Crippen molar-refractivity contribution in [2.45, 2.75) is 76.2 Å². The van der Waals surface area contributed by atoms with Crippen molar-refractivity contribution in [3.05, 3.63) is 53.2 Å². The summed E-state index contributed by atoms with van der Waals surface area (Å²) in [4.78, 5) is 31.2. The lowest BCUT2D eigenvalue weighted by Crippen LogP contribution is -2.55. The summed E-state index contributed by atoms with van der Waals surface area (Å²) in [6, 6.07) is 9.01. The van der Waals surface area contributed by atoms with E-state index in [1.54, 1.807) is 4.90 Å². The van der Waals surface area contributed by atoms with E-state index in [0.717, 1.165) is 62.3 Å². The molecule has 10 heteroatoms. The Labute approximate surface area is 259 Å². The molecule has 1 aromatic carbocycles. The van der Waals surface area contributed by atoms with Gasteiger partial charge in [-0.25, -0.2) is 4.39 Å². The van der Waals surface area contributed by atoms with Crippen molar-refractivity contribution in [3.63, 3.8) is 0 Å². The number of anilines is 2. The van der Waals surface area contributed by atoms with Crippen LogP contribution < -0.4 is 14.5 Å². The molecular formula is C34H42FN7O2. The number of carbonyl (C=O) groups is 1. The molecule has 232 valence electrons. The van der Waals surface area contributed by atoms with Crippen LogP contribution in [0.5, 0.6) is 6.01 Å². The lowest BCUT2D eigenvalue weighted by Gasteiger charge is -2.42. The number of halogens is 1. The molecule has 4 aliphatic heterocycles. The minimum atomic E-state index is -0.825. The Morgan fingerprint density at radius 2 is 2.07 bits per heavy atom. The summed E-state index contributed by atoms with van der Waals surface area (Å²) in [5, 5.41) is 9.56. The molecular weight excluding hydrogens is 557 g/mol. The van der Waals surface area contributed by atoms with Crippen LogP contribution in [0.4, 0.5) is 15.9 Å². The van der Waals surface area contributed by atoms with Gasteiger partial charge in [-0.15, -0.1) is 0 Å². The van der Waals surface area contributed by atoms with E-state index in [-0.39, 0.29) is 23.9 Å². The van der Waals surface area contributed by atoms with E-state index < -0.39 is 6.17 Å². The molecule has 0 saturated carbocycles. The Kier molecular flexibility index (Phi) is 7.69. The average molecular weight is 600 g/mol. The zero-order valence-corrected chi connectivity index (χ0v) is 25.7. The number of piperazine rings is 1. The molecule has 1 unspecified atom stereocenters. The average Bonchev–Trinajstić information content (AvgIpc) is 3.69. The molecule has 44 heavy (non-hydrogen) atoms. The van der Waals surface area contributed by atoms with Gasteiger partial charge in [0.25, 0.3) is 0 Å². The van der Waals surface area contributed by atoms with E-state index in [1.165, 1.54) is 22.9 Å². The third-order valence-electron chi connectivity index (χ3n) is 10.5. The number of carbonyl (C=O) groups excluding carboxylic acids is 1. The maximum atomic E-state index is 14.5. The van der Waals surface area contributed by atoms with Gasteiger partial charge in [0.05, 0.1) is 36.3 Å². The molecule has 5 heterocycles. The standard InChI is InChI=1S/C34H42FN7O2/c1-3-31(43)42-15-14-40(20-26(42)8-11-36)32-27-9-13-39(30-7-4-6-24-16-23(2)17-28(24)30)21-29(27)37-33(38-32)44-22-34-10-5-12-41(34)19-25(35)18-34/h3-4,6-7,23,25-26H,1,5,8-10,12-22H2,2H3/t23-,25+,26-,34?/m0/s1. The van der Waals surface area contributed by atoms with Gasteiger partial charge in [0.2, 0.25) is 5.91 Å². The fourth-order valence-corrected chi connectivity index (χ4v) is 8.44. The molecule has 0 N–H and O–H groups in total. The number of aromatic nitrogens is 2. The molecule has 4 atom stereocenters. The van der Waals surface area contributed by atoms with Crippen LogP contribution in [-0.4, -0.2) is 89.3 Å². The van der Waals surface area contributed by atoms with E-state index in [1.807, 2.05) is 0 Å². The summed E-state index contributed by atoms with van der Waals surface area (Å²) >= 11 is 0. The summed E-state index contributed by atoms with van der Waals surface area (Å²) in [5.41, 5.74) is 5.98. The van der Waals surface area contributed by atoms with Crippen LogP contribution in [0, 0.1) is 17.2 Å². The van der Waals surface area contributed by atoms with E-state index in [9.17, 15) is 14.4 Å². The fraction of sp³-hybridized carbons (Fsp3) is 0.588. The van der Waals surface area contributed by atoms with Crippen molar-refractivity contribution in [2.75, 3.05) is 55.7 Å². The van der Waals surface area contributed by atoms with Crippen molar-refractivity contribution in [1.82, 2.24) is 19.8 Å². The maximum Gasteiger partial charge on any atom is 0.318 e. The van der Waals surface area contributed by atoms with Crippen molar-refractivity contribution in [3.8, 4) is 12.1 Å². The van der Waals surface area contributed by atoms with Gasteiger partial charge in [0.1, 0.15) is 18.6 Å².